The number of rotatable bonds is 5. The van der Waals surface area contributed by atoms with Crippen molar-refractivity contribution in [3.05, 3.63) is 29.3 Å². The number of aromatic hydroxyl groups is 1. The number of benzene rings is 1. The van der Waals surface area contributed by atoms with E-state index in [1.807, 2.05) is 6.07 Å². The largest absolute Gasteiger partial charge is 0.508 e. The van der Waals surface area contributed by atoms with Crippen LogP contribution < -0.4 is 0 Å². The van der Waals surface area contributed by atoms with Crippen LogP contribution in [0.25, 0.3) is 0 Å². The van der Waals surface area contributed by atoms with Crippen LogP contribution in [-0.2, 0) is 6.54 Å². The first-order valence-electron chi connectivity index (χ1n) is 6.42. The summed E-state index contributed by atoms with van der Waals surface area (Å²) in [4.78, 5) is 2.40. The third-order valence-electron chi connectivity index (χ3n) is 2.94. The summed E-state index contributed by atoms with van der Waals surface area (Å²) in [5.41, 5.74) is 2.23. The van der Waals surface area contributed by atoms with Gasteiger partial charge in [0.2, 0.25) is 0 Å². The van der Waals surface area contributed by atoms with E-state index < -0.39 is 0 Å². The molecule has 96 valence electrons. The van der Waals surface area contributed by atoms with E-state index in [1.165, 1.54) is 5.56 Å². The lowest BCUT2D eigenvalue weighted by molar-refractivity contribution is 0.187. The number of aryl methyl sites for hydroxylation is 1. The molecule has 1 aromatic rings. The second-order valence-corrected chi connectivity index (χ2v) is 5.55. The van der Waals surface area contributed by atoms with Crippen LogP contribution in [0.1, 0.15) is 38.8 Å². The first-order chi connectivity index (χ1) is 7.90. The van der Waals surface area contributed by atoms with Crippen LogP contribution in [-0.4, -0.2) is 22.6 Å². The van der Waals surface area contributed by atoms with Crippen LogP contribution in [0.4, 0.5) is 0 Å². The summed E-state index contributed by atoms with van der Waals surface area (Å²) in [6.07, 6.45) is 0. The molecule has 0 atom stereocenters. The second-order valence-electron chi connectivity index (χ2n) is 5.55. The van der Waals surface area contributed by atoms with Crippen LogP contribution in [0.2, 0.25) is 0 Å². The molecule has 0 unspecified atom stereocenters. The van der Waals surface area contributed by atoms with Gasteiger partial charge in [0.1, 0.15) is 5.75 Å². The monoisotopic (exact) mass is 235 g/mol. The molecule has 0 aliphatic heterocycles. The average Bonchev–Trinajstić information content (AvgIpc) is 2.21. The maximum Gasteiger partial charge on any atom is 0.120 e. The zero-order valence-electron chi connectivity index (χ0n) is 11.7. The van der Waals surface area contributed by atoms with Gasteiger partial charge in [0.05, 0.1) is 0 Å². The van der Waals surface area contributed by atoms with Crippen molar-refractivity contribution in [1.82, 2.24) is 4.90 Å². The van der Waals surface area contributed by atoms with Gasteiger partial charge in [0, 0.05) is 24.7 Å². The summed E-state index contributed by atoms with van der Waals surface area (Å²) in [5.74, 6) is 1.05. The standard InChI is InChI=1S/C15H25NO/c1-11(2)9-16(12(3)4)10-14-8-13(5)6-7-15(14)17/h6-8,11-12,17H,9-10H2,1-5H3. The molecular weight excluding hydrogens is 210 g/mol. The number of hydrogen-bond acceptors (Lipinski definition) is 2. The van der Waals surface area contributed by atoms with Gasteiger partial charge in [-0.1, -0.05) is 31.5 Å². The molecule has 0 aromatic heterocycles. The molecule has 0 bridgehead atoms. The van der Waals surface area contributed by atoms with E-state index in [9.17, 15) is 5.11 Å². The highest BCUT2D eigenvalue weighted by Crippen LogP contribution is 2.21. The lowest BCUT2D eigenvalue weighted by atomic mass is 10.1. The predicted molar refractivity (Wildman–Crippen MR) is 73.2 cm³/mol. The quantitative estimate of drug-likeness (QED) is 0.843. The van der Waals surface area contributed by atoms with Gasteiger partial charge in [-0.3, -0.25) is 4.90 Å². The molecule has 1 aromatic carbocycles. The molecule has 0 aliphatic rings. The summed E-state index contributed by atoms with van der Waals surface area (Å²) in [5, 5.41) is 9.87. The third-order valence-corrected chi connectivity index (χ3v) is 2.94. The van der Waals surface area contributed by atoms with E-state index in [4.69, 9.17) is 0 Å². The minimum Gasteiger partial charge on any atom is -0.508 e. The van der Waals surface area contributed by atoms with Gasteiger partial charge in [-0.25, -0.2) is 0 Å². The summed E-state index contributed by atoms with van der Waals surface area (Å²) >= 11 is 0. The predicted octanol–water partition coefficient (Wildman–Crippen LogP) is 3.57. The smallest absolute Gasteiger partial charge is 0.120 e. The van der Waals surface area contributed by atoms with Crippen LogP contribution in [0, 0.1) is 12.8 Å². The van der Waals surface area contributed by atoms with E-state index >= 15 is 0 Å². The highest BCUT2D eigenvalue weighted by molar-refractivity contribution is 5.35. The molecule has 1 N–H and O–H groups in total. The second kappa shape index (κ2) is 6.06. The van der Waals surface area contributed by atoms with Crippen LogP contribution in [0.3, 0.4) is 0 Å². The molecule has 2 heteroatoms. The Balaban J connectivity index is 2.81. The Hall–Kier alpha value is -1.02. The fourth-order valence-corrected chi connectivity index (χ4v) is 1.99. The Labute approximate surface area is 105 Å². The molecule has 1 rings (SSSR count). The lowest BCUT2D eigenvalue weighted by Crippen LogP contribution is -2.33. The molecule has 0 saturated carbocycles. The van der Waals surface area contributed by atoms with Crippen LogP contribution in [0.15, 0.2) is 18.2 Å². The molecule has 0 amide bonds. The summed E-state index contributed by atoms with van der Waals surface area (Å²) in [6, 6.07) is 6.31. The van der Waals surface area contributed by atoms with Crippen LogP contribution >= 0.6 is 0 Å². The minimum atomic E-state index is 0.407. The van der Waals surface area contributed by atoms with Gasteiger partial charge in [0.25, 0.3) is 0 Å². The van der Waals surface area contributed by atoms with Crippen molar-refractivity contribution in [1.29, 1.82) is 0 Å². The third kappa shape index (κ3) is 4.39. The molecule has 0 spiro atoms. The van der Waals surface area contributed by atoms with E-state index in [-0.39, 0.29) is 0 Å². The fraction of sp³-hybridized carbons (Fsp3) is 0.600. The Morgan fingerprint density at radius 1 is 1.18 bits per heavy atom. The Morgan fingerprint density at radius 3 is 2.35 bits per heavy atom. The first kappa shape index (κ1) is 14.0. The number of phenolic OH excluding ortho intramolecular Hbond substituents is 1. The summed E-state index contributed by atoms with van der Waals surface area (Å²) in [7, 11) is 0. The van der Waals surface area contributed by atoms with E-state index in [0.717, 1.165) is 18.7 Å². The van der Waals surface area contributed by atoms with Gasteiger partial charge in [-0.15, -0.1) is 0 Å². The average molecular weight is 235 g/mol. The van der Waals surface area contributed by atoms with E-state index in [1.54, 1.807) is 6.07 Å². The Bertz CT molecular complexity index is 358. The number of nitrogens with zero attached hydrogens (tertiary/aromatic N) is 1. The van der Waals surface area contributed by atoms with Crippen molar-refractivity contribution in [2.75, 3.05) is 6.54 Å². The van der Waals surface area contributed by atoms with Crippen molar-refractivity contribution in [3.8, 4) is 5.75 Å². The zero-order valence-corrected chi connectivity index (χ0v) is 11.7. The molecular formula is C15H25NO. The highest BCUT2D eigenvalue weighted by Gasteiger charge is 2.13. The molecule has 0 fully saturated rings. The fourth-order valence-electron chi connectivity index (χ4n) is 1.99. The van der Waals surface area contributed by atoms with Gasteiger partial charge < -0.3 is 5.11 Å². The molecule has 0 radical (unpaired) electrons. The number of phenols is 1. The van der Waals surface area contributed by atoms with Gasteiger partial charge in [0.15, 0.2) is 0 Å². The van der Waals surface area contributed by atoms with Gasteiger partial charge in [-0.05, 0) is 32.8 Å². The topological polar surface area (TPSA) is 23.5 Å². The maximum atomic E-state index is 9.87. The maximum absolute atomic E-state index is 9.87. The van der Waals surface area contributed by atoms with Crippen LogP contribution in [0.5, 0.6) is 5.75 Å². The molecule has 17 heavy (non-hydrogen) atoms. The normalized spacial score (nSPS) is 11.8. The molecule has 0 heterocycles. The lowest BCUT2D eigenvalue weighted by Gasteiger charge is -2.28. The minimum absolute atomic E-state index is 0.407. The van der Waals surface area contributed by atoms with Crippen molar-refractivity contribution >= 4 is 0 Å². The van der Waals surface area contributed by atoms with Gasteiger partial charge >= 0.3 is 0 Å². The van der Waals surface area contributed by atoms with Crippen molar-refractivity contribution < 1.29 is 5.11 Å². The first-order valence-corrected chi connectivity index (χ1v) is 6.42. The molecule has 0 aliphatic carbocycles. The molecule has 0 saturated heterocycles. The summed E-state index contributed by atoms with van der Waals surface area (Å²) in [6.45, 7) is 12.8. The van der Waals surface area contributed by atoms with E-state index in [2.05, 4.69) is 45.6 Å². The van der Waals surface area contributed by atoms with Crippen molar-refractivity contribution in [2.45, 2.75) is 47.2 Å². The molecule has 2 nitrogen and oxygen atoms in total. The summed E-state index contributed by atoms with van der Waals surface area (Å²) < 4.78 is 0. The Kier molecular flexibility index (Phi) is 5.01. The highest BCUT2D eigenvalue weighted by atomic mass is 16.3. The van der Waals surface area contributed by atoms with E-state index in [0.29, 0.717) is 17.7 Å². The SMILES string of the molecule is Cc1ccc(O)c(CN(CC(C)C)C(C)C)c1. The van der Waals surface area contributed by atoms with Crippen molar-refractivity contribution in [2.24, 2.45) is 5.92 Å². The van der Waals surface area contributed by atoms with Gasteiger partial charge in [-0.2, -0.15) is 0 Å². The number of hydrogen-bond donors (Lipinski definition) is 1. The Morgan fingerprint density at radius 2 is 1.82 bits per heavy atom. The zero-order chi connectivity index (χ0) is 13.0. The van der Waals surface area contributed by atoms with Crippen molar-refractivity contribution in [3.63, 3.8) is 0 Å².